The van der Waals surface area contributed by atoms with Gasteiger partial charge in [0.15, 0.2) is 0 Å². The molecule has 0 fully saturated rings. The minimum Gasteiger partial charge on any atom is -0.316 e. The van der Waals surface area contributed by atoms with Crippen molar-refractivity contribution in [2.45, 2.75) is 17.2 Å². The van der Waals surface area contributed by atoms with Crippen molar-refractivity contribution in [3.05, 3.63) is 64.1 Å². The lowest BCUT2D eigenvalue weighted by Gasteiger charge is -2.07. The highest BCUT2D eigenvalue weighted by atomic mass is 79.9. The maximum absolute atomic E-state index is 3.62. The van der Waals surface area contributed by atoms with Crippen LogP contribution in [-0.2, 0) is 12.3 Å². The van der Waals surface area contributed by atoms with Gasteiger partial charge in [0, 0.05) is 21.7 Å². The van der Waals surface area contributed by atoms with Gasteiger partial charge in [0.2, 0.25) is 0 Å². The molecular weight excluding hydrogens is 306 g/mol. The van der Waals surface area contributed by atoms with Gasteiger partial charge in [-0.3, -0.25) is 0 Å². The zero-order chi connectivity index (χ0) is 12.8. The number of thioether (sulfide) groups is 1. The maximum atomic E-state index is 3.62. The summed E-state index contributed by atoms with van der Waals surface area (Å²) in [6.07, 6.45) is 0. The number of nitrogens with one attached hydrogen (secondary N) is 1. The fraction of sp³-hybridized carbons (Fsp3) is 0.200. The topological polar surface area (TPSA) is 12.0 Å². The summed E-state index contributed by atoms with van der Waals surface area (Å²) in [5, 5.41) is 3.17. The molecule has 0 aliphatic heterocycles. The average molecular weight is 322 g/mol. The van der Waals surface area contributed by atoms with E-state index in [-0.39, 0.29) is 0 Å². The second kappa shape index (κ2) is 6.98. The summed E-state index contributed by atoms with van der Waals surface area (Å²) in [6.45, 7) is 0.893. The van der Waals surface area contributed by atoms with Crippen LogP contribution in [0.4, 0.5) is 0 Å². The molecule has 2 rings (SSSR count). The van der Waals surface area contributed by atoms with Crippen LogP contribution in [0.2, 0.25) is 0 Å². The summed E-state index contributed by atoms with van der Waals surface area (Å²) in [7, 11) is 1.96. The van der Waals surface area contributed by atoms with Crippen molar-refractivity contribution in [1.82, 2.24) is 5.32 Å². The summed E-state index contributed by atoms with van der Waals surface area (Å²) >= 11 is 5.49. The van der Waals surface area contributed by atoms with Crippen molar-refractivity contribution >= 4 is 27.7 Å². The highest BCUT2D eigenvalue weighted by Crippen LogP contribution is 2.27. The normalized spacial score (nSPS) is 10.6. The molecule has 18 heavy (non-hydrogen) atoms. The molecule has 0 bridgehead atoms. The van der Waals surface area contributed by atoms with Crippen molar-refractivity contribution in [1.29, 1.82) is 0 Å². The third-order valence-corrected chi connectivity index (χ3v) is 4.44. The van der Waals surface area contributed by atoms with E-state index < -0.39 is 0 Å². The third-order valence-electron chi connectivity index (χ3n) is 2.64. The summed E-state index contributed by atoms with van der Waals surface area (Å²) in [5.41, 5.74) is 2.65. The van der Waals surface area contributed by atoms with E-state index in [4.69, 9.17) is 0 Å². The minimum absolute atomic E-state index is 0.893. The number of benzene rings is 2. The minimum atomic E-state index is 0.893. The van der Waals surface area contributed by atoms with E-state index in [0.29, 0.717) is 0 Å². The SMILES string of the molecule is CNCc1ccc(SCc2ccccc2)cc1Br. The Hall–Kier alpha value is -0.770. The molecule has 0 aliphatic rings. The van der Waals surface area contributed by atoms with Gasteiger partial charge in [-0.2, -0.15) is 0 Å². The molecule has 0 heterocycles. The van der Waals surface area contributed by atoms with E-state index in [9.17, 15) is 0 Å². The van der Waals surface area contributed by atoms with Crippen LogP contribution >= 0.6 is 27.7 Å². The largest absolute Gasteiger partial charge is 0.316 e. The van der Waals surface area contributed by atoms with Crippen LogP contribution in [0.3, 0.4) is 0 Å². The lowest BCUT2D eigenvalue weighted by atomic mass is 10.2. The summed E-state index contributed by atoms with van der Waals surface area (Å²) in [5.74, 6) is 1.01. The monoisotopic (exact) mass is 321 g/mol. The van der Waals surface area contributed by atoms with Gasteiger partial charge in [0.05, 0.1) is 0 Å². The molecular formula is C15H16BrNS. The van der Waals surface area contributed by atoms with Crippen LogP contribution in [0.15, 0.2) is 57.9 Å². The van der Waals surface area contributed by atoms with Crippen LogP contribution in [0.25, 0.3) is 0 Å². The standard InChI is InChI=1S/C15H16BrNS/c1-17-10-13-7-8-14(9-15(13)16)18-11-12-5-3-2-4-6-12/h2-9,17H,10-11H2,1H3. The third kappa shape index (κ3) is 3.87. The molecule has 2 aromatic carbocycles. The molecule has 0 unspecified atom stereocenters. The molecule has 1 nitrogen and oxygen atoms in total. The molecule has 0 saturated carbocycles. The van der Waals surface area contributed by atoms with Gasteiger partial charge in [-0.15, -0.1) is 11.8 Å². The molecule has 0 amide bonds. The Labute approximate surface area is 121 Å². The Kier molecular flexibility index (Phi) is 5.29. The molecule has 0 radical (unpaired) electrons. The van der Waals surface area contributed by atoms with Gasteiger partial charge >= 0.3 is 0 Å². The van der Waals surface area contributed by atoms with E-state index in [1.807, 2.05) is 18.8 Å². The van der Waals surface area contributed by atoms with E-state index in [2.05, 4.69) is 69.8 Å². The summed E-state index contributed by atoms with van der Waals surface area (Å²) in [6, 6.07) is 17.1. The average Bonchev–Trinajstić information content (AvgIpc) is 2.41. The molecule has 0 saturated heterocycles. The van der Waals surface area contributed by atoms with Gasteiger partial charge in [-0.1, -0.05) is 52.3 Å². The predicted octanol–water partition coefficient (Wildman–Crippen LogP) is 4.46. The predicted molar refractivity (Wildman–Crippen MR) is 82.9 cm³/mol. The second-order valence-corrected chi connectivity index (χ2v) is 5.96. The first-order chi connectivity index (χ1) is 8.79. The van der Waals surface area contributed by atoms with Crippen LogP contribution < -0.4 is 5.32 Å². The smallest absolute Gasteiger partial charge is 0.0231 e. The Morgan fingerprint density at radius 3 is 2.56 bits per heavy atom. The molecule has 0 atom stereocenters. The molecule has 0 spiro atoms. The fourth-order valence-electron chi connectivity index (χ4n) is 1.69. The molecule has 3 heteroatoms. The first-order valence-corrected chi connectivity index (χ1v) is 7.67. The van der Waals surface area contributed by atoms with Gasteiger partial charge < -0.3 is 5.32 Å². The van der Waals surface area contributed by atoms with Crippen molar-refractivity contribution in [2.24, 2.45) is 0 Å². The Morgan fingerprint density at radius 1 is 1.11 bits per heavy atom. The van der Waals surface area contributed by atoms with Crippen LogP contribution in [-0.4, -0.2) is 7.05 Å². The maximum Gasteiger partial charge on any atom is 0.0231 e. The Bertz CT molecular complexity index is 499. The van der Waals surface area contributed by atoms with Gasteiger partial charge in [0.1, 0.15) is 0 Å². The van der Waals surface area contributed by atoms with Crippen molar-refractivity contribution in [3.8, 4) is 0 Å². The highest BCUT2D eigenvalue weighted by Gasteiger charge is 2.01. The number of hydrogen-bond acceptors (Lipinski definition) is 2. The Balaban J connectivity index is 2.00. The zero-order valence-corrected chi connectivity index (χ0v) is 12.7. The van der Waals surface area contributed by atoms with Crippen LogP contribution in [0, 0.1) is 0 Å². The van der Waals surface area contributed by atoms with Crippen molar-refractivity contribution in [3.63, 3.8) is 0 Å². The van der Waals surface area contributed by atoms with Crippen molar-refractivity contribution < 1.29 is 0 Å². The van der Waals surface area contributed by atoms with Crippen molar-refractivity contribution in [2.75, 3.05) is 7.05 Å². The number of hydrogen-bond donors (Lipinski definition) is 1. The van der Waals surface area contributed by atoms with Gasteiger partial charge in [0.25, 0.3) is 0 Å². The fourth-order valence-corrected chi connectivity index (χ4v) is 3.25. The van der Waals surface area contributed by atoms with E-state index >= 15 is 0 Å². The lowest BCUT2D eigenvalue weighted by Crippen LogP contribution is -2.05. The molecule has 94 valence electrons. The lowest BCUT2D eigenvalue weighted by molar-refractivity contribution is 0.813. The van der Waals surface area contributed by atoms with E-state index in [0.717, 1.165) is 12.3 Å². The van der Waals surface area contributed by atoms with E-state index in [1.165, 1.54) is 20.5 Å². The highest BCUT2D eigenvalue weighted by molar-refractivity contribution is 9.10. The zero-order valence-electron chi connectivity index (χ0n) is 10.3. The summed E-state index contributed by atoms with van der Waals surface area (Å²) in [4.78, 5) is 1.30. The van der Waals surface area contributed by atoms with Crippen LogP contribution in [0.5, 0.6) is 0 Å². The molecule has 1 N–H and O–H groups in total. The molecule has 0 aliphatic carbocycles. The van der Waals surface area contributed by atoms with Crippen LogP contribution in [0.1, 0.15) is 11.1 Å². The second-order valence-electron chi connectivity index (χ2n) is 4.06. The number of halogens is 1. The van der Waals surface area contributed by atoms with Gasteiger partial charge in [-0.05, 0) is 30.3 Å². The molecule has 0 aromatic heterocycles. The first kappa shape index (κ1) is 13.7. The quantitative estimate of drug-likeness (QED) is 0.816. The van der Waals surface area contributed by atoms with E-state index in [1.54, 1.807) is 0 Å². The van der Waals surface area contributed by atoms with Gasteiger partial charge in [-0.25, -0.2) is 0 Å². The first-order valence-electron chi connectivity index (χ1n) is 5.89. The Morgan fingerprint density at radius 2 is 1.89 bits per heavy atom. The summed E-state index contributed by atoms with van der Waals surface area (Å²) < 4.78 is 1.18. The number of rotatable bonds is 5. The molecule has 2 aromatic rings.